The van der Waals surface area contributed by atoms with Crippen molar-refractivity contribution in [3.05, 3.63) is 70.3 Å². The lowest BCUT2D eigenvalue weighted by molar-refractivity contribution is -0.140. The van der Waals surface area contributed by atoms with Gasteiger partial charge >= 0.3 is 6.18 Å². The molecule has 0 bridgehead atoms. The summed E-state index contributed by atoms with van der Waals surface area (Å²) in [7, 11) is 1.46. The van der Waals surface area contributed by atoms with Crippen LogP contribution in [0.5, 0.6) is 0 Å². The van der Waals surface area contributed by atoms with Crippen LogP contribution in [0.15, 0.2) is 36.7 Å². The fourth-order valence-corrected chi connectivity index (χ4v) is 4.28. The molecule has 9 heteroatoms. The maximum absolute atomic E-state index is 13.6. The Kier molecular flexibility index (Phi) is 5.63. The summed E-state index contributed by atoms with van der Waals surface area (Å²) >= 11 is 3.37. The van der Waals surface area contributed by atoms with E-state index in [0.29, 0.717) is 41.5 Å². The van der Waals surface area contributed by atoms with Crippen LogP contribution in [0, 0.1) is 6.92 Å². The number of rotatable bonds is 4. The van der Waals surface area contributed by atoms with Crippen molar-refractivity contribution < 1.29 is 18.0 Å². The first-order chi connectivity index (χ1) is 14.7. The van der Waals surface area contributed by atoms with Gasteiger partial charge in [0, 0.05) is 42.4 Å². The van der Waals surface area contributed by atoms with Crippen LogP contribution in [-0.2, 0) is 31.5 Å². The maximum Gasteiger partial charge on any atom is 0.435 e. The second-order valence-electron chi connectivity index (χ2n) is 7.67. The molecule has 3 aromatic rings. The number of hydrogen-bond donors (Lipinski definition) is 0. The number of benzene rings is 1. The summed E-state index contributed by atoms with van der Waals surface area (Å²) in [5.74, 6) is -0.203. The van der Waals surface area contributed by atoms with Crippen molar-refractivity contribution in [1.29, 1.82) is 0 Å². The molecule has 0 saturated heterocycles. The monoisotopic (exact) mass is 492 g/mol. The second-order valence-corrected chi connectivity index (χ2v) is 8.23. The van der Waals surface area contributed by atoms with Crippen LogP contribution < -0.4 is 0 Å². The molecule has 0 atom stereocenters. The molecule has 162 valence electrons. The third kappa shape index (κ3) is 4.23. The van der Waals surface area contributed by atoms with Gasteiger partial charge in [-0.2, -0.15) is 18.3 Å². The summed E-state index contributed by atoms with van der Waals surface area (Å²) < 4.78 is 42.0. The third-order valence-electron chi connectivity index (χ3n) is 5.33. The van der Waals surface area contributed by atoms with Crippen LogP contribution in [0.2, 0.25) is 0 Å². The van der Waals surface area contributed by atoms with Crippen LogP contribution >= 0.6 is 15.9 Å². The molecule has 4 rings (SSSR count). The SMILES string of the molecule is Cc1ccnc(CN2CCc3c(cc(CBr)cc3-c3cn(C)nc3C(F)(F)F)C2=O)c1. The van der Waals surface area contributed by atoms with Gasteiger partial charge in [0.2, 0.25) is 0 Å². The van der Waals surface area contributed by atoms with Gasteiger partial charge < -0.3 is 4.90 Å². The van der Waals surface area contributed by atoms with Crippen molar-refractivity contribution >= 4 is 21.8 Å². The topological polar surface area (TPSA) is 51.0 Å². The number of nitrogens with zero attached hydrogens (tertiary/aromatic N) is 4. The van der Waals surface area contributed by atoms with E-state index in [2.05, 4.69) is 26.0 Å². The average Bonchev–Trinajstić information content (AvgIpc) is 3.11. The molecular formula is C22H20BrF3N4O. The molecule has 0 aliphatic carbocycles. The van der Waals surface area contributed by atoms with Crippen LogP contribution in [0.25, 0.3) is 11.1 Å². The van der Waals surface area contributed by atoms with E-state index < -0.39 is 11.9 Å². The molecule has 1 aliphatic rings. The molecule has 1 aromatic carbocycles. The van der Waals surface area contributed by atoms with Gasteiger partial charge in [0.15, 0.2) is 5.69 Å². The highest BCUT2D eigenvalue weighted by Crippen LogP contribution is 2.40. The van der Waals surface area contributed by atoms with Gasteiger partial charge in [-0.3, -0.25) is 14.5 Å². The second kappa shape index (κ2) is 8.11. The third-order valence-corrected chi connectivity index (χ3v) is 5.97. The zero-order chi connectivity index (χ0) is 22.3. The maximum atomic E-state index is 13.6. The number of halogens is 4. The molecule has 0 N–H and O–H groups in total. The summed E-state index contributed by atoms with van der Waals surface area (Å²) in [6.45, 7) is 2.72. The van der Waals surface area contributed by atoms with Gasteiger partial charge in [0.05, 0.1) is 12.2 Å². The van der Waals surface area contributed by atoms with E-state index in [1.807, 2.05) is 19.1 Å². The lowest BCUT2D eigenvalue weighted by atomic mass is 9.88. The van der Waals surface area contributed by atoms with Crippen LogP contribution in [0.1, 0.15) is 38.4 Å². The fourth-order valence-electron chi connectivity index (χ4n) is 3.95. The zero-order valence-corrected chi connectivity index (χ0v) is 18.6. The number of carbonyl (C=O) groups is 1. The first-order valence-corrected chi connectivity index (χ1v) is 10.8. The Hall–Kier alpha value is -2.68. The normalized spacial score (nSPS) is 14.1. The van der Waals surface area contributed by atoms with E-state index in [0.717, 1.165) is 21.5 Å². The fraction of sp³-hybridized carbons (Fsp3) is 0.318. The first-order valence-electron chi connectivity index (χ1n) is 9.71. The van der Waals surface area contributed by atoms with Crippen LogP contribution in [-0.4, -0.2) is 32.1 Å². The summed E-state index contributed by atoms with van der Waals surface area (Å²) in [4.78, 5) is 19.3. The highest BCUT2D eigenvalue weighted by atomic mass is 79.9. The Morgan fingerprint density at radius 1 is 1.16 bits per heavy atom. The molecule has 1 amide bonds. The Morgan fingerprint density at radius 2 is 1.90 bits per heavy atom. The summed E-state index contributed by atoms with van der Waals surface area (Å²) in [6, 6.07) is 7.28. The van der Waals surface area contributed by atoms with Crippen LogP contribution in [0.3, 0.4) is 0 Å². The lowest BCUT2D eigenvalue weighted by Crippen LogP contribution is -2.37. The van der Waals surface area contributed by atoms with E-state index in [9.17, 15) is 18.0 Å². The molecule has 0 radical (unpaired) electrons. The van der Waals surface area contributed by atoms with E-state index >= 15 is 0 Å². The quantitative estimate of drug-likeness (QED) is 0.486. The number of aryl methyl sites for hydroxylation is 2. The van der Waals surface area contributed by atoms with Gasteiger partial charge in [0.1, 0.15) is 0 Å². The number of hydrogen-bond acceptors (Lipinski definition) is 3. The molecule has 3 heterocycles. The Balaban J connectivity index is 1.78. The molecule has 0 unspecified atom stereocenters. The summed E-state index contributed by atoms with van der Waals surface area (Å²) in [6.07, 6.45) is -1.06. The zero-order valence-electron chi connectivity index (χ0n) is 17.0. The number of pyridine rings is 1. The number of amides is 1. The van der Waals surface area contributed by atoms with Crippen molar-refractivity contribution in [2.75, 3.05) is 6.54 Å². The summed E-state index contributed by atoms with van der Waals surface area (Å²) in [5.41, 5.74) is 3.09. The predicted octanol–water partition coefficient (Wildman–Crippen LogP) is 4.90. The molecule has 31 heavy (non-hydrogen) atoms. The number of carbonyl (C=O) groups excluding carboxylic acids is 1. The molecule has 0 saturated carbocycles. The van der Waals surface area contributed by atoms with E-state index in [1.54, 1.807) is 23.2 Å². The Bertz CT molecular complexity index is 1160. The van der Waals surface area contributed by atoms with Crippen LogP contribution in [0.4, 0.5) is 13.2 Å². The van der Waals surface area contributed by atoms with E-state index in [-0.39, 0.29) is 11.5 Å². The van der Waals surface area contributed by atoms with Crippen molar-refractivity contribution in [1.82, 2.24) is 19.7 Å². The Labute approximate surface area is 186 Å². The molecule has 0 spiro atoms. The van der Waals surface area contributed by atoms with Gasteiger partial charge in [-0.05, 0) is 59.9 Å². The number of alkyl halides is 4. The van der Waals surface area contributed by atoms with Gasteiger partial charge in [-0.25, -0.2) is 0 Å². The van der Waals surface area contributed by atoms with Gasteiger partial charge in [0.25, 0.3) is 5.91 Å². The standard InChI is InChI=1S/C22H20BrF3N4O/c1-13-3-5-27-15(7-13)11-30-6-4-16-17(8-14(10-23)9-18(16)21(30)31)19-12-29(2)28-20(19)22(24,25)26/h3,5,7-9,12H,4,6,10-11H2,1-2H3. The minimum Gasteiger partial charge on any atom is -0.332 e. The minimum atomic E-state index is -4.59. The number of fused-ring (bicyclic) bond motifs is 1. The molecule has 1 aliphatic heterocycles. The highest BCUT2D eigenvalue weighted by molar-refractivity contribution is 9.08. The van der Waals surface area contributed by atoms with E-state index in [4.69, 9.17) is 0 Å². The predicted molar refractivity (Wildman–Crippen MR) is 114 cm³/mol. The largest absolute Gasteiger partial charge is 0.435 e. The van der Waals surface area contributed by atoms with Crippen molar-refractivity contribution in [3.8, 4) is 11.1 Å². The average molecular weight is 493 g/mol. The molecule has 2 aromatic heterocycles. The highest BCUT2D eigenvalue weighted by Gasteiger charge is 2.38. The number of aromatic nitrogens is 3. The molecule has 5 nitrogen and oxygen atoms in total. The summed E-state index contributed by atoms with van der Waals surface area (Å²) in [5, 5.41) is 4.06. The van der Waals surface area contributed by atoms with Gasteiger partial charge in [-0.1, -0.05) is 15.9 Å². The molecule has 0 fully saturated rings. The van der Waals surface area contributed by atoms with Gasteiger partial charge in [-0.15, -0.1) is 0 Å². The van der Waals surface area contributed by atoms with Crippen molar-refractivity contribution in [2.24, 2.45) is 7.05 Å². The minimum absolute atomic E-state index is 0.00403. The van der Waals surface area contributed by atoms with Crippen molar-refractivity contribution in [3.63, 3.8) is 0 Å². The smallest absolute Gasteiger partial charge is 0.332 e. The van der Waals surface area contributed by atoms with Crippen molar-refractivity contribution in [2.45, 2.75) is 31.4 Å². The Morgan fingerprint density at radius 3 is 2.58 bits per heavy atom. The van der Waals surface area contributed by atoms with E-state index in [1.165, 1.54) is 13.2 Å². The molecular weight excluding hydrogens is 473 g/mol. The first kappa shape index (κ1) is 21.5. The lowest BCUT2D eigenvalue weighted by Gasteiger charge is -2.30.